The number of likely N-dealkylation sites (tertiary alicyclic amines) is 1. The molecule has 1 amide bonds. The van der Waals surface area contributed by atoms with Crippen molar-refractivity contribution in [2.75, 3.05) is 26.2 Å². The van der Waals surface area contributed by atoms with Crippen molar-refractivity contribution in [2.24, 2.45) is 5.41 Å². The van der Waals surface area contributed by atoms with Gasteiger partial charge in [0, 0.05) is 48.0 Å². The number of nitrogens with zero attached hydrogens (tertiary/aromatic N) is 2. The fourth-order valence-corrected chi connectivity index (χ4v) is 5.11. The summed E-state index contributed by atoms with van der Waals surface area (Å²) >= 11 is 2.46. The van der Waals surface area contributed by atoms with Crippen LogP contribution in [0.2, 0.25) is 0 Å². The monoisotopic (exact) mass is 405 g/mol. The molecule has 1 N–H and O–H groups in total. The number of hydrogen-bond acceptors (Lipinski definition) is 3. The van der Waals surface area contributed by atoms with E-state index in [9.17, 15) is 4.79 Å². The number of hydrogen-bond donors (Lipinski definition) is 1. The quantitative estimate of drug-likeness (QED) is 0.446. The molecule has 1 spiro atoms. The Balaban J connectivity index is 1.46. The van der Waals surface area contributed by atoms with Gasteiger partial charge in [0.2, 0.25) is 6.41 Å². The zero-order chi connectivity index (χ0) is 14.7. The second kappa shape index (κ2) is 7.13. The van der Waals surface area contributed by atoms with E-state index in [4.69, 9.17) is 0 Å². The molecule has 3 rings (SSSR count). The zero-order valence-electron chi connectivity index (χ0n) is 12.9. The van der Waals surface area contributed by atoms with E-state index in [1.165, 1.54) is 77.5 Å². The average Bonchev–Trinajstić information content (AvgIpc) is 2.52. The van der Waals surface area contributed by atoms with Crippen LogP contribution < -0.4 is 5.32 Å². The summed E-state index contributed by atoms with van der Waals surface area (Å²) in [5.41, 5.74) is 0.599. The van der Waals surface area contributed by atoms with Crippen molar-refractivity contribution in [3.63, 3.8) is 0 Å². The minimum absolute atomic E-state index is 0.444. The standard InChI is InChI=1S/C16H28IN3O/c17-20-9-3-15(4-10-20)19-11-7-16(8-12-19)5-1-14(2-6-16)18-13-21/h13-15H,1-12H2,(H,18,21). The molecule has 0 aromatic heterocycles. The fraction of sp³-hybridized carbons (Fsp3) is 0.938. The first-order valence-corrected chi connectivity index (χ1v) is 9.52. The Kier molecular flexibility index (Phi) is 5.43. The van der Waals surface area contributed by atoms with Crippen molar-refractivity contribution in [2.45, 2.75) is 63.5 Å². The first-order chi connectivity index (χ1) is 10.2. The largest absolute Gasteiger partial charge is 0.356 e. The molecular formula is C16H28IN3O. The third-order valence-corrected chi connectivity index (χ3v) is 7.10. The Labute approximate surface area is 142 Å². The Morgan fingerprint density at radius 1 is 0.952 bits per heavy atom. The number of amides is 1. The predicted molar refractivity (Wildman–Crippen MR) is 93.3 cm³/mol. The van der Waals surface area contributed by atoms with E-state index in [1.807, 2.05) is 0 Å². The lowest BCUT2D eigenvalue weighted by Crippen LogP contribution is -2.49. The molecule has 21 heavy (non-hydrogen) atoms. The van der Waals surface area contributed by atoms with Crippen molar-refractivity contribution >= 4 is 29.3 Å². The van der Waals surface area contributed by atoms with Crippen LogP contribution in [0.25, 0.3) is 0 Å². The van der Waals surface area contributed by atoms with Crippen LogP contribution in [0.1, 0.15) is 51.4 Å². The molecule has 0 aromatic carbocycles. The highest BCUT2D eigenvalue weighted by molar-refractivity contribution is 14.1. The second-order valence-electron chi connectivity index (χ2n) is 7.24. The van der Waals surface area contributed by atoms with Crippen LogP contribution in [0.5, 0.6) is 0 Å². The van der Waals surface area contributed by atoms with Crippen molar-refractivity contribution in [3.05, 3.63) is 0 Å². The van der Waals surface area contributed by atoms with Crippen LogP contribution in [-0.4, -0.2) is 52.7 Å². The van der Waals surface area contributed by atoms with Crippen molar-refractivity contribution in [1.29, 1.82) is 0 Å². The molecule has 5 heteroatoms. The van der Waals surface area contributed by atoms with Crippen molar-refractivity contribution < 1.29 is 4.79 Å². The third-order valence-electron chi connectivity index (χ3n) is 6.13. The Morgan fingerprint density at radius 2 is 1.57 bits per heavy atom. The van der Waals surface area contributed by atoms with Gasteiger partial charge < -0.3 is 10.2 Å². The van der Waals surface area contributed by atoms with Crippen molar-refractivity contribution in [3.8, 4) is 0 Å². The van der Waals surface area contributed by atoms with Gasteiger partial charge in [0.1, 0.15) is 0 Å². The van der Waals surface area contributed by atoms with E-state index >= 15 is 0 Å². The molecular weight excluding hydrogens is 377 g/mol. The lowest BCUT2D eigenvalue weighted by molar-refractivity contribution is -0.110. The normalized spacial score (nSPS) is 29.6. The number of piperidine rings is 2. The lowest BCUT2D eigenvalue weighted by Gasteiger charge is -2.48. The SMILES string of the molecule is O=CNC1CCC2(CC1)CCN(C1CCN(I)CC1)CC2. The van der Waals surface area contributed by atoms with E-state index < -0.39 is 0 Å². The highest BCUT2D eigenvalue weighted by atomic mass is 127. The molecule has 1 saturated carbocycles. The van der Waals surface area contributed by atoms with Gasteiger partial charge in [-0.2, -0.15) is 0 Å². The molecule has 2 heterocycles. The highest BCUT2D eigenvalue weighted by Crippen LogP contribution is 2.45. The maximum Gasteiger partial charge on any atom is 0.207 e. The van der Waals surface area contributed by atoms with E-state index in [-0.39, 0.29) is 0 Å². The summed E-state index contributed by atoms with van der Waals surface area (Å²) in [5, 5.41) is 2.97. The number of halogens is 1. The lowest BCUT2D eigenvalue weighted by atomic mass is 9.66. The van der Waals surface area contributed by atoms with Crippen molar-refractivity contribution in [1.82, 2.24) is 13.3 Å². The summed E-state index contributed by atoms with van der Waals surface area (Å²) in [7, 11) is 0. The molecule has 0 atom stereocenters. The van der Waals surface area contributed by atoms with Crippen LogP contribution in [0, 0.1) is 5.41 Å². The Bertz CT molecular complexity index is 339. The van der Waals surface area contributed by atoms with Crippen LogP contribution in [0.3, 0.4) is 0 Å². The van der Waals surface area contributed by atoms with Gasteiger partial charge in [-0.25, -0.2) is 3.11 Å². The zero-order valence-corrected chi connectivity index (χ0v) is 15.1. The summed E-state index contributed by atoms with van der Waals surface area (Å²) in [6.07, 6.45) is 11.3. The van der Waals surface area contributed by atoms with Gasteiger partial charge in [-0.05, 0) is 69.9 Å². The molecule has 0 bridgehead atoms. The van der Waals surface area contributed by atoms with E-state index in [1.54, 1.807) is 0 Å². The minimum Gasteiger partial charge on any atom is -0.356 e. The molecule has 120 valence electrons. The second-order valence-corrected chi connectivity index (χ2v) is 8.60. The third kappa shape index (κ3) is 3.91. The van der Waals surface area contributed by atoms with Gasteiger partial charge in [-0.1, -0.05) is 0 Å². The molecule has 0 unspecified atom stereocenters. The fourth-order valence-electron chi connectivity index (χ4n) is 4.56. The van der Waals surface area contributed by atoms with Gasteiger partial charge in [-0.15, -0.1) is 0 Å². The molecule has 4 nitrogen and oxygen atoms in total. The summed E-state index contributed by atoms with van der Waals surface area (Å²) in [6.45, 7) is 5.12. The van der Waals surface area contributed by atoms with Gasteiger partial charge in [0.15, 0.2) is 0 Å². The topological polar surface area (TPSA) is 35.6 Å². The number of carbonyl (C=O) groups is 1. The molecule has 0 aromatic rings. The van der Waals surface area contributed by atoms with Crippen LogP contribution in [0.15, 0.2) is 0 Å². The first kappa shape index (κ1) is 16.0. The Hall–Kier alpha value is 0.120. The molecule has 3 aliphatic rings. The molecule has 1 aliphatic carbocycles. The van der Waals surface area contributed by atoms with Gasteiger partial charge in [0.25, 0.3) is 0 Å². The molecule has 2 aliphatic heterocycles. The van der Waals surface area contributed by atoms with Crippen LogP contribution in [-0.2, 0) is 4.79 Å². The highest BCUT2D eigenvalue weighted by Gasteiger charge is 2.39. The maximum atomic E-state index is 10.6. The van der Waals surface area contributed by atoms with E-state index in [2.05, 4.69) is 36.2 Å². The summed E-state index contributed by atoms with van der Waals surface area (Å²) < 4.78 is 2.43. The van der Waals surface area contributed by atoms with Gasteiger partial charge >= 0.3 is 0 Å². The van der Waals surface area contributed by atoms with Crippen LogP contribution >= 0.6 is 22.9 Å². The average molecular weight is 405 g/mol. The van der Waals surface area contributed by atoms with Gasteiger partial charge in [0.05, 0.1) is 0 Å². The summed E-state index contributed by atoms with van der Waals surface area (Å²) in [4.78, 5) is 13.3. The predicted octanol–water partition coefficient (Wildman–Crippen LogP) is 2.57. The van der Waals surface area contributed by atoms with Crippen LogP contribution in [0.4, 0.5) is 0 Å². The molecule has 2 saturated heterocycles. The number of nitrogens with one attached hydrogen (secondary N) is 1. The molecule has 3 fully saturated rings. The Morgan fingerprint density at radius 3 is 2.14 bits per heavy atom. The van der Waals surface area contributed by atoms with E-state index in [0.29, 0.717) is 11.5 Å². The summed E-state index contributed by atoms with van der Waals surface area (Å²) in [6, 6.07) is 1.28. The summed E-state index contributed by atoms with van der Waals surface area (Å²) in [5.74, 6) is 0. The van der Waals surface area contributed by atoms with Gasteiger partial charge in [-0.3, -0.25) is 4.79 Å². The van der Waals surface area contributed by atoms with E-state index in [0.717, 1.165) is 12.5 Å². The number of rotatable bonds is 3. The smallest absolute Gasteiger partial charge is 0.207 e. The molecule has 0 radical (unpaired) electrons. The number of carbonyl (C=O) groups excluding carboxylic acids is 1. The maximum absolute atomic E-state index is 10.6. The first-order valence-electron chi connectivity index (χ1n) is 8.55. The minimum atomic E-state index is 0.444.